The summed E-state index contributed by atoms with van der Waals surface area (Å²) in [6, 6.07) is 18.5. The summed E-state index contributed by atoms with van der Waals surface area (Å²) in [5.74, 6) is -1.32. The Balaban J connectivity index is 1.09. The van der Waals surface area contributed by atoms with E-state index in [9.17, 15) is 14.0 Å². The largest absolute Gasteiger partial charge is 0.494 e. The molecule has 260 valence electrons. The quantitative estimate of drug-likeness (QED) is 0.0639. The number of carbonyl (C=O) groups is 2. The molecule has 1 atom stereocenters. The topological polar surface area (TPSA) is 80.3 Å². The molecule has 1 saturated heterocycles. The Hall–Kier alpha value is -3.75. The summed E-state index contributed by atoms with van der Waals surface area (Å²) < 4.78 is 42.1. The molecule has 0 saturated carbocycles. The standard InChI is InChI=1S/C40H51FO7/c1-4-30(2)26-47-38(42)34-19-22-37(36(41)25-34)48-39(43)33-15-13-31(14-16-33)32-17-20-35(21-18-32)46-24-12-10-8-6-5-7-9-11-23-44-27-40(3)28-45-29-40/h13-22,25,30H,4-12,23-24,26-29H2,1-3H3/t30-/m1/s1. The van der Waals surface area contributed by atoms with Crippen LogP contribution in [0.15, 0.2) is 66.7 Å². The van der Waals surface area contributed by atoms with Gasteiger partial charge in [0.2, 0.25) is 0 Å². The number of hydrogen-bond donors (Lipinski definition) is 0. The summed E-state index contributed by atoms with van der Waals surface area (Å²) in [5, 5.41) is 0. The molecule has 48 heavy (non-hydrogen) atoms. The second-order valence-electron chi connectivity index (χ2n) is 13.3. The van der Waals surface area contributed by atoms with Crippen molar-refractivity contribution >= 4 is 11.9 Å². The van der Waals surface area contributed by atoms with E-state index in [0.717, 1.165) is 68.6 Å². The lowest BCUT2D eigenvalue weighted by Gasteiger charge is -2.37. The molecule has 0 aromatic heterocycles. The molecule has 0 N–H and O–H groups in total. The summed E-state index contributed by atoms with van der Waals surface area (Å²) >= 11 is 0. The van der Waals surface area contributed by atoms with Crippen LogP contribution in [-0.4, -0.2) is 51.6 Å². The molecular formula is C40H51FO7. The molecule has 1 aliphatic rings. The monoisotopic (exact) mass is 662 g/mol. The van der Waals surface area contributed by atoms with Gasteiger partial charge in [0, 0.05) is 12.0 Å². The van der Waals surface area contributed by atoms with E-state index in [1.54, 1.807) is 12.1 Å². The van der Waals surface area contributed by atoms with E-state index in [-0.39, 0.29) is 34.8 Å². The fourth-order valence-corrected chi connectivity index (χ4v) is 5.24. The van der Waals surface area contributed by atoms with Crippen molar-refractivity contribution < 1.29 is 37.7 Å². The van der Waals surface area contributed by atoms with Crippen molar-refractivity contribution in [2.75, 3.05) is 39.6 Å². The van der Waals surface area contributed by atoms with Crippen LogP contribution in [0.1, 0.15) is 99.3 Å². The molecule has 7 nitrogen and oxygen atoms in total. The van der Waals surface area contributed by atoms with E-state index in [4.69, 9.17) is 23.7 Å². The molecule has 0 unspecified atom stereocenters. The molecular weight excluding hydrogens is 611 g/mol. The smallest absolute Gasteiger partial charge is 0.343 e. The first kappa shape index (κ1) is 37.1. The fraction of sp³-hybridized carbons (Fsp3) is 0.500. The first-order valence-electron chi connectivity index (χ1n) is 17.4. The molecule has 0 aliphatic carbocycles. The van der Waals surface area contributed by atoms with Gasteiger partial charge in [-0.05, 0) is 72.4 Å². The number of hydrogen-bond acceptors (Lipinski definition) is 7. The van der Waals surface area contributed by atoms with Crippen LogP contribution < -0.4 is 9.47 Å². The summed E-state index contributed by atoms with van der Waals surface area (Å²) in [6.07, 6.45) is 10.5. The number of halogens is 1. The molecule has 1 heterocycles. The minimum atomic E-state index is -0.811. The third kappa shape index (κ3) is 12.0. The predicted octanol–water partition coefficient (Wildman–Crippen LogP) is 9.47. The zero-order chi connectivity index (χ0) is 34.2. The van der Waals surface area contributed by atoms with E-state index < -0.39 is 17.8 Å². The number of benzene rings is 3. The second kappa shape index (κ2) is 19.3. The third-order valence-corrected chi connectivity index (χ3v) is 8.68. The van der Waals surface area contributed by atoms with Crippen LogP contribution >= 0.6 is 0 Å². The Labute approximate surface area is 285 Å². The number of carbonyl (C=O) groups excluding carboxylic acids is 2. The molecule has 1 fully saturated rings. The Morgan fingerprint density at radius 3 is 1.96 bits per heavy atom. The van der Waals surface area contributed by atoms with Gasteiger partial charge in [-0.15, -0.1) is 0 Å². The summed E-state index contributed by atoms with van der Waals surface area (Å²) in [4.78, 5) is 24.9. The average Bonchev–Trinajstić information content (AvgIpc) is 3.09. The van der Waals surface area contributed by atoms with Crippen molar-refractivity contribution in [2.24, 2.45) is 11.3 Å². The van der Waals surface area contributed by atoms with E-state index in [1.165, 1.54) is 50.7 Å². The Kier molecular flexibility index (Phi) is 14.9. The molecule has 0 radical (unpaired) electrons. The van der Waals surface area contributed by atoms with Crippen LogP contribution in [0.4, 0.5) is 4.39 Å². The highest BCUT2D eigenvalue weighted by atomic mass is 19.1. The van der Waals surface area contributed by atoms with Gasteiger partial charge in [0.1, 0.15) is 5.75 Å². The van der Waals surface area contributed by atoms with Gasteiger partial charge in [0.05, 0.1) is 44.2 Å². The van der Waals surface area contributed by atoms with Gasteiger partial charge >= 0.3 is 11.9 Å². The first-order chi connectivity index (χ1) is 23.3. The Morgan fingerprint density at radius 2 is 1.38 bits per heavy atom. The highest BCUT2D eigenvalue weighted by Crippen LogP contribution is 2.27. The van der Waals surface area contributed by atoms with Gasteiger partial charge in [-0.1, -0.05) is 90.0 Å². The number of esters is 2. The van der Waals surface area contributed by atoms with Crippen LogP contribution in [-0.2, 0) is 14.2 Å². The minimum absolute atomic E-state index is 0.0658. The third-order valence-electron chi connectivity index (χ3n) is 8.68. The van der Waals surface area contributed by atoms with Gasteiger partial charge in [0.15, 0.2) is 11.6 Å². The van der Waals surface area contributed by atoms with Crippen LogP contribution in [0.5, 0.6) is 11.5 Å². The van der Waals surface area contributed by atoms with Crippen LogP contribution in [0.2, 0.25) is 0 Å². The predicted molar refractivity (Wildman–Crippen MR) is 185 cm³/mol. The Morgan fingerprint density at radius 1 is 0.792 bits per heavy atom. The molecule has 3 aromatic rings. The fourth-order valence-electron chi connectivity index (χ4n) is 5.24. The molecule has 0 spiro atoms. The van der Waals surface area contributed by atoms with Gasteiger partial charge in [-0.2, -0.15) is 0 Å². The first-order valence-corrected chi connectivity index (χ1v) is 17.4. The van der Waals surface area contributed by atoms with Gasteiger partial charge in [-0.25, -0.2) is 14.0 Å². The SMILES string of the molecule is CC[C@@H](C)COC(=O)c1ccc(OC(=O)c2ccc(-c3ccc(OCCCCCCCCCCOCC4(C)COC4)cc3)cc2)c(F)c1. The number of ether oxygens (including phenoxy) is 5. The summed E-state index contributed by atoms with van der Waals surface area (Å²) in [6.45, 7) is 10.5. The highest BCUT2D eigenvalue weighted by molar-refractivity contribution is 5.92. The van der Waals surface area contributed by atoms with Crippen molar-refractivity contribution in [2.45, 2.75) is 78.6 Å². The summed E-state index contributed by atoms with van der Waals surface area (Å²) in [5.41, 5.74) is 2.51. The lowest BCUT2D eigenvalue weighted by Crippen LogP contribution is -2.43. The normalized spacial score (nSPS) is 14.2. The van der Waals surface area contributed by atoms with E-state index in [0.29, 0.717) is 6.61 Å². The molecule has 8 heteroatoms. The minimum Gasteiger partial charge on any atom is -0.494 e. The Bertz CT molecular complexity index is 1420. The highest BCUT2D eigenvalue weighted by Gasteiger charge is 2.33. The molecule has 4 rings (SSSR count). The van der Waals surface area contributed by atoms with Crippen molar-refractivity contribution in [3.05, 3.63) is 83.7 Å². The van der Waals surface area contributed by atoms with Crippen LogP contribution in [0, 0.1) is 17.2 Å². The molecule has 0 bridgehead atoms. The van der Waals surface area contributed by atoms with Gasteiger partial charge in [0.25, 0.3) is 0 Å². The van der Waals surface area contributed by atoms with Crippen molar-refractivity contribution in [3.8, 4) is 22.6 Å². The van der Waals surface area contributed by atoms with Gasteiger partial charge < -0.3 is 23.7 Å². The van der Waals surface area contributed by atoms with Crippen molar-refractivity contribution in [1.82, 2.24) is 0 Å². The lowest BCUT2D eigenvalue weighted by atomic mass is 9.90. The molecule has 1 aliphatic heterocycles. The second-order valence-corrected chi connectivity index (χ2v) is 13.3. The number of rotatable bonds is 21. The van der Waals surface area contributed by atoms with E-state index in [2.05, 4.69) is 6.92 Å². The van der Waals surface area contributed by atoms with E-state index >= 15 is 0 Å². The average molecular weight is 663 g/mol. The van der Waals surface area contributed by atoms with Gasteiger partial charge in [-0.3, -0.25) is 0 Å². The lowest BCUT2D eigenvalue weighted by molar-refractivity contribution is -0.137. The molecule has 0 amide bonds. The number of unbranched alkanes of at least 4 members (excludes halogenated alkanes) is 7. The van der Waals surface area contributed by atoms with Crippen LogP contribution in [0.3, 0.4) is 0 Å². The van der Waals surface area contributed by atoms with Crippen molar-refractivity contribution in [3.63, 3.8) is 0 Å². The zero-order valence-corrected chi connectivity index (χ0v) is 28.8. The van der Waals surface area contributed by atoms with Crippen LogP contribution in [0.25, 0.3) is 11.1 Å². The molecule has 3 aromatic carbocycles. The van der Waals surface area contributed by atoms with Crippen molar-refractivity contribution in [1.29, 1.82) is 0 Å². The maximum atomic E-state index is 14.6. The zero-order valence-electron chi connectivity index (χ0n) is 28.8. The maximum Gasteiger partial charge on any atom is 0.343 e. The van der Waals surface area contributed by atoms with E-state index in [1.807, 2.05) is 50.2 Å². The summed E-state index contributed by atoms with van der Waals surface area (Å²) in [7, 11) is 0. The maximum absolute atomic E-state index is 14.6.